The number of phenolic OH excluding ortho intramolecular Hbond substituents is 1. The monoisotopic (exact) mass is 270 g/mol. The predicted octanol–water partition coefficient (Wildman–Crippen LogP) is 3.87. The Bertz CT molecular complexity index is 557. The van der Waals surface area contributed by atoms with Crippen molar-refractivity contribution in [2.75, 3.05) is 0 Å². The van der Waals surface area contributed by atoms with Gasteiger partial charge in [0.15, 0.2) is 11.6 Å². The summed E-state index contributed by atoms with van der Waals surface area (Å²) in [4.78, 5) is 23.7. The number of hydrogen-bond donors (Lipinski definition) is 1. The average molecular weight is 270 g/mol. The first-order chi connectivity index (χ1) is 9.66. The zero-order chi connectivity index (χ0) is 15.0. The van der Waals surface area contributed by atoms with Crippen LogP contribution in [-0.2, 0) is 0 Å². The molecule has 0 saturated heterocycles. The molecule has 3 nitrogen and oxygen atoms in total. The molecule has 0 fully saturated rings. The number of ketones is 2. The maximum atomic E-state index is 11.8. The predicted molar refractivity (Wildman–Crippen MR) is 79.2 cm³/mol. The molecule has 0 unspecified atom stereocenters. The fraction of sp³-hybridized carbons (Fsp3) is 0.176. The van der Waals surface area contributed by atoms with Gasteiger partial charge in [0, 0.05) is 11.1 Å². The summed E-state index contributed by atoms with van der Waals surface area (Å²) >= 11 is 0. The second-order valence-corrected chi connectivity index (χ2v) is 3.94. The van der Waals surface area contributed by atoms with Crippen LogP contribution in [0.5, 0.6) is 5.75 Å². The van der Waals surface area contributed by atoms with Crippen LogP contribution in [0, 0.1) is 0 Å². The van der Waals surface area contributed by atoms with E-state index in [2.05, 4.69) is 0 Å². The molecule has 2 rings (SSSR count). The second kappa shape index (κ2) is 7.89. The molecule has 0 aliphatic rings. The highest BCUT2D eigenvalue weighted by atomic mass is 16.3. The van der Waals surface area contributed by atoms with Crippen LogP contribution in [-0.4, -0.2) is 16.7 Å². The summed E-state index contributed by atoms with van der Waals surface area (Å²) in [6, 6.07) is 14.6. The van der Waals surface area contributed by atoms with Crippen molar-refractivity contribution in [2.24, 2.45) is 0 Å². The highest BCUT2D eigenvalue weighted by Gasteiger charge is 2.13. The molecule has 2 aromatic rings. The van der Waals surface area contributed by atoms with Crippen LogP contribution < -0.4 is 0 Å². The molecule has 104 valence electrons. The van der Waals surface area contributed by atoms with Gasteiger partial charge in [0.25, 0.3) is 0 Å². The Kier molecular flexibility index (Phi) is 6.17. The van der Waals surface area contributed by atoms with Gasteiger partial charge in [0.1, 0.15) is 5.75 Å². The second-order valence-electron chi connectivity index (χ2n) is 3.94. The first kappa shape index (κ1) is 15.6. The number of aromatic hydroxyl groups is 1. The van der Waals surface area contributed by atoms with E-state index in [-0.39, 0.29) is 23.7 Å². The van der Waals surface area contributed by atoms with E-state index in [0.29, 0.717) is 11.1 Å². The average Bonchev–Trinajstić information content (AvgIpc) is 2.50. The molecule has 0 heterocycles. The zero-order valence-electron chi connectivity index (χ0n) is 11.7. The van der Waals surface area contributed by atoms with Gasteiger partial charge in [0.05, 0.1) is 6.42 Å². The molecule has 0 aliphatic carbocycles. The minimum atomic E-state index is -0.246. The summed E-state index contributed by atoms with van der Waals surface area (Å²) in [7, 11) is 0. The molecule has 0 aromatic heterocycles. The molecular weight excluding hydrogens is 252 g/mol. The maximum Gasteiger partial charge on any atom is 0.170 e. The van der Waals surface area contributed by atoms with Gasteiger partial charge in [-0.3, -0.25) is 9.59 Å². The molecule has 0 radical (unpaired) electrons. The Hall–Kier alpha value is -2.42. The van der Waals surface area contributed by atoms with Gasteiger partial charge in [-0.05, 0) is 24.3 Å². The van der Waals surface area contributed by atoms with Crippen molar-refractivity contribution in [2.45, 2.75) is 20.3 Å². The Morgan fingerprint density at radius 1 is 0.800 bits per heavy atom. The lowest BCUT2D eigenvalue weighted by atomic mass is 10.0. The third kappa shape index (κ3) is 4.35. The number of carbonyl (C=O) groups is 2. The first-order valence-corrected chi connectivity index (χ1v) is 6.57. The third-order valence-corrected chi connectivity index (χ3v) is 2.61. The Balaban J connectivity index is 0.000000956. The van der Waals surface area contributed by atoms with E-state index in [1.165, 1.54) is 24.3 Å². The SMILES string of the molecule is CC.O=C(CC(=O)c1ccc(O)cc1)c1ccccc1. The molecule has 0 saturated carbocycles. The normalized spacial score (nSPS) is 9.30. The smallest absolute Gasteiger partial charge is 0.170 e. The number of carbonyl (C=O) groups excluding carboxylic acids is 2. The van der Waals surface area contributed by atoms with Gasteiger partial charge in [-0.15, -0.1) is 0 Å². The molecule has 0 atom stereocenters. The molecule has 3 heteroatoms. The number of rotatable bonds is 4. The van der Waals surface area contributed by atoms with Crippen LogP contribution in [0.15, 0.2) is 54.6 Å². The van der Waals surface area contributed by atoms with E-state index in [0.717, 1.165) is 0 Å². The van der Waals surface area contributed by atoms with E-state index in [1.54, 1.807) is 24.3 Å². The van der Waals surface area contributed by atoms with Crippen LogP contribution in [0.4, 0.5) is 0 Å². The van der Waals surface area contributed by atoms with Crippen LogP contribution in [0.3, 0.4) is 0 Å². The quantitative estimate of drug-likeness (QED) is 0.677. The standard InChI is InChI=1S/C15H12O3.C2H6/c16-13-8-6-12(7-9-13)15(18)10-14(17)11-4-2-1-3-5-11;1-2/h1-9,16H,10H2;1-2H3. The minimum absolute atomic E-state index is 0.0981. The van der Waals surface area contributed by atoms with Crippen molar-refractivity contribution in [1.29, 1.82) is 0 Å². The van der Waals surface area contributed by atoms with Gasteiger partial charge in [-0.1, -0.05) is 44.2 Å². The van der Waals surface area contributed by atoms with Gasteiger partial charge in [-0.2, -0.15) is 0 Å². The van der Waals surface area contributed by atoms with Gasteiger partial charge < -0.3 is 5.11 Å². The molecule has 20 heavy (non-hydrogen) atoms. The molecule has 0 amide bonds. The summed E-state index contributed by atoms with van der Waals surface area (Å²) in [6.45, 7) is 4.00. The number of benzene rings is 2. The summed E-state index contributed by atoms with van der Waals surface area (Å²) in [5, 5.41) is 9.12. The van der Waals surface area contributed by atoms with E-state index in [1.807, 2.05) is 19.9 Å². The summed E-state index contributed by atoms with van der Waals surface area (Å²) in [5.41, 5.74) is 0.960. The van der Waals surface area contributed by atoms with Crippen molar-refractivity contribution in [3.63, 3.8) is 0 Å². The first-order valence-electron chi connectivity index (χ1n) is 6.57. The third-order valence-electron chi connectivity index (χ3n) is 2.61. The van der Waals surface area contributed by atoms with E-state index in [9.17, 15) is 9.59 Å². The minimum Gasteiger partial charge on any atom is -0.508 e. The van der Waals surface area contributed by atoms with Gasteiger partial charge in [0.2, 0.25) is 0 Å². The molecule has 2 aromatic carbocycles. The van der Waals surface area contributed by atoms with Crippen molar-refractivity contribution >= 4 is 11.6 Å². The molecule has 0 bridgehead atoms. The largest absolute Gasteiger partial charge is 0.508 e. The van der Waals surface area contributed by atoms with Crippen molar-refractivity contribution in [1.82, 2.24) is 0 Å². The Morgan fingerprint density at radius 3 is 1.75 bits per heavy atom. The molecular formula is C17H18O3. The maximum absolute atomic E-state index is 11.8. The highest BCUT2D eigenvalue weighted by molar-refractivity contribution is 6.13. The Morgan fingerprint density at radius 2 is 1.25 bits per heavy atom. The fourth-order valence-corrected chi connectivity index (χ4v) is 1.62. The lowest BCUT2D eigenvalue weighted by Crippen LogP contribution is -2.08. The van der Waals surface area contributed by atoms with E-state index >= 15 is 0 Å². The van der Waals surface area contributed by atoms with Crippen LogP contribution in [0.1, 0.15) is 41.0 Å². The molecule has 1 N–H and O–H groups in total. The van der Waals surface area contributed by atoms with Crippen LogP contribution >= 0.6 is 0 Å². The van der Waals surface area contributed by atoms with Crippen LogP contribution in [0.25, 0.3) is 0 Å². The van der Waals surface area contributed by atoms with E-state index in [4.69, 9.17) is 5.11 Å². The number of Topliss-reactive ketones (excluding diaryl/α,β-unsaturated/α-hetero) is 2. The van der Waals surface area contributed by atoms with E-state index < -0.39 is 0 Å². The summed E-state index contributed by atoms with van der Waals surface area (Å²) in [6.07, 6.45) is -0.158. The lowest BCUT2D eigenvalue weighted by molar-refractivity contribution is 0.0894. The number of phenols is 1. The molecule has 0 spiro atoms. The van der Waals surface area contributed by atoms with Crippen molar-refractivity contribution in [3.8, 4) is 5.75 Å². The lowest BCUT2D eigenvalue weighted by Gasteiger charge is -2.01. The number of hydrogen-bond acceptors (Lipinski definition) is 3. The Labute approximate surface area is 118 Å². The van der Waals surface area contributed by atoms with Crippen molar-refractivity contribution < 1.29 is 14.7 Å². The van der Waals surface area contributed by atoms with Crippen molar-refractivity contribution in [3.05, 3.63) is 65.7 Å². The molecule has 0 aliphatic heterocycles. The fourth-order valence-electron chi connectivity index (χ4n) is 1.62. The summed E-state index contributed by atoms with van der Waals surface area (Å²) in [5.74, 6) is -0.349. The highest BCUT2D eigenvalue weighted by Crippen LogP contribution is 2.13. The van der Waals surface area contributed by atoms with Gasteiger partial charge in [-0.25, -0.2) is 0 Å². The topological polar surface area (TPSA) is 54.4 Å². The zero-order valence-corrected chi connectivity index (χ0v) is 11.7. The summed E-state index contributed by atoms with van der Waals surface area (Å²) < 4.78 is 0. The van der Waals surface area contributed by atoms with Gasteiger partial charge >= 0.3 is 0 Å². The van der Waals surface area contributed by atoms with Crippen LogP contribution in [0.2, 0.25) is 0 Å².